The normalized spacial score (nSPS) is 11.8. The maximum atomic E-state index is 12.3. The van der Waals surface area contributed by atoms with Crippen molar-refractivity contribution in [3.63, 3.8) is 0 Å². The van der Waals surface area contributed by atoms with E-state index in [0.29, 0.717) is 24.3 Å². The van der Waals surface area contributed by atoms with Crippen LogP contribution in [-0.4, -0.2) is 37.9 Å². The Morgan fingerprint density at radius 1 is 1.30 bits per heavy atom. The number of nitrogens with zero attached hydrogens (tertiary/aromatic N) is 4. The molecule has 3 aromatic rings. The number of benzene rings is 1. The summed E-state index contributed by atoms with van der Waals surface area (Å²) >= 11 is 0. The van der Waals surface area contributed by atoms with Crippen molar-refractivity contribution in [2.24, 2.45) is 0 Å². The van der Waals surface area contributed by atoms with Crippen LogP contribution in [0.15, 0.2) is 47.5 Å². The van der Waals surface area contributed by atoms with Crippen molar-refractivity contribution in [3.05, 3.63) is 59.9 Å². The summed E-state index contributed by atoms with van der Waals surface area (Å²) in [6, 6.07) is 8.50. The van der Waals surface area contributed by atoms with Gasteiger partial charge in [-0.25, -0.2) is 14.5 Å². The minimum absolute atomic E-state index is 0.282. The number of hydrogen-bond donors (Lipinski definition) is 1. The van der Waals surface area contributed by atoms with Crippen molar-refractivity contribution in [2.45, 2.75) is 32.9 Å². The zero-order valence-electron chi connectivity index (χ0n) is 15.0. The second-order valence-corrected chi connectivity index (χ2v) is 5.90. The smallest absolute Gasteiger partial charge is 0.338 e. The van der Waals surface area contributed by atoms with Crippen LogP contribution in [0.4, 0.5) is 5.82 Å². The molecule has 0 saturated carbocycles. The van der Waals surface area contributed by atoms with Gasteiger partial charge in [0.05, 0.1) is 12.1 Å². The molecule has 1 amide bonds. The Morgan fingerprint density at radius 2 is 2.07 bits per heavy atom. The largest absolute Gasteiger partial charge is 0.449 e. The van der Waals surface area contributed by atoms with Gasteiger partial charge in [-0.15, -0.1) is 0 Å². The van der Waals surface area contributed by atoms with E-state index in [1.165, 1.54) is 6.33 Å². The first-order chi connectivity index (χ1) is 13.0. The first kappa shape index (κ1) is 18.3. The van der Waals surface area contributed by atoms with Crippen LogP contribution in [0.2, 0.25) is 0 Å². The van der Waals surface area contributed by atoms with Crippen molar-refractivity contribution in [1.82, 2.24) is 19.9 Å². The first-order valence-corrected chi connectivity index (χ1v) is 8.41. The fourth-order valence-corrected chi connectivity index (χ4v) is 2.40. The Balaban J connectivity index is 1.59. The predicted octanol–water partition coefficient (Wildman–Crippen LogP) is 2.20. The highest BCUT2D eigenvalue weighted by molar-refractivity contribution is 5.97. The SMILES string of the molecule is CC[C@@H](OC(=O)c1ccc(Cn2cncn2)cc1)C(=O)Nc1cc(C)on1. The fraction of sp³-hybridized carbons (Fsp3) is 0.278. The topological polar surface area (TPSA) is 112 Å². The summed E-state index contributed by atoms with van der Waals surface area (Å²) in [6.07, 6.45) is 2.48. The lowest BCUT2D eigenvalue weighted by molar-refractivity contribution is -0.124. The number of amides is 1. The van der Waals surface area contributed by atoms with Crippen LogP contribution in [-0.2, 0) is 16.1 Å². The van der Waals surface area contributed by atoms with E-state index < -0.39 is 18.0 Å². The van der Waals surface area contributed by atoms with Crippen LogP contribution < -0.4 is 5.32 Å². The minimum Gasteiger partial charge on any atom is -0.449 e. The van der Waals surface area contributed by atoms with Crippen molar-refractivity contribution in [2.75, 3.05) is 5.32 Å². The highest BCUT2D eigenvalue weighted by Crippen LogP contribution is 2.12. The highest BCUT2D eigenvalue weighted by atomic mass is 16.5. The van der Waals surface area contributed by atoms with E-state index >= 15 is 0 Å². The molecular formula is C18H19N5O4. The molecule has 27 heavy (non-hydrogen) atoms. The molecule has 2 heterocycles. The number of hydrogen-bond acceptors (Lipinski definition) is 7. The summed E-state index contributed by atoms with van der Waals surface area (Å²) in [5.41, 5.74) is 1.32. The molecule has 0 spiro atoms. The molecule has 2 aromatic heterocycles. The third-order valence-corrected chi connectivity index (χ3v) is 3.79. The van der Waals surface area contributed by atoms with Crippen molar-refractivity contribution in [1.29, 1.82) is 0 Å². The molecule has 0 fully saturated rings. The Bertz CT molecular complexity index is 902. The van der Waals surface area contributed by atoms with Gasteiger partial charge >= 0.3 is 5.97 Å². The Kier molecular flexibility index (Phi) is 5.60. The molecule has 9 heteroatoms. The molecule has 1 N–H and O–H groups in total. The monoisotopic (exact) mass is 369 g/mol. The van der Waals surface area contributed by atoms with Crippen LogP contribution in [0.5, 0.6) is 0 Å². The van der Waals surface area contributed by atoms with Gasteiger partial charge < -0.3 is 14.6 Å². The van der Waals surface area contributed by atoms with Gasteiger partial charge in [0, 0.05) is 6.07 Å². The minimum atomic E-state index is -0.927. The standard InChI is InChI=1S/C18H19N5O4/c1-3-15(17(24)21-16-8-12(2)27-22-16)26-18(25)14-6-4-13(5-7-14)9-23-11-19-10-20-23/h4-8,10-11,15H,3,9H2,1-2H3,(H,21,22,24)/t15-/m1/s1. The molecule has 0 radical (unpaired) electrons. The molecule has 0 aliphatic rings. The number of carbonyl (C=O) groups is 2. The van der Waals surface area contributed by atoms with Crippen LogP contribution in [0.25, 0.3) is 0 Å². The second-order valence-electron chi connectivity index (χ2n) is 5.90. The van der Waals surface area contributed by atoms with Gasteiger partial charge in [-0.05, 0) is 31.0 Å². The van der Waals surface area contributed by atoms with Gasteiger partial charge in [0.15, 0.2) is 11.9 Å². The summed E-state index contributed by atoms with van der Waals surface area (Å²) in [7, 11) is 0. The molecule has 0 unspecified atom stereocenters. The number of nitrogens with one attached hydrogen (secondary N) is 1. The molecule has 0 aliphatic carbocycles. The van der Waals surface area contributed by atoms with Crippen molar-refractivity contribution < 1.29 is 18.8 Å². The molecule has 140 valence electrons. The molecule has 9 nitrogen and oxygen atoms in total. The van der Waals surface area contributed by atoms with Crippen LogP contribution in [0.3, 0.4) is 0 Å². The summed E-state index contributed by atoms with van der Waals surface area (Å²) in [4.78, 5) is 28.5. The lowest BCUT2D eigenvalue weighted by Gasteiger charge is -2.15. The van der Waals surface area contributed by atoms with Gasteiger partial charge in [0.2, 0.25) is 0 Å². The molecule has 3 rings (SSSR count). The number of ether oxygens (including phenoxy) is 1. The zero-order valence-corrected chi connectivity index (χ0v) is 15.0. The van der Waals surface area contributed by atoms with Crippen LogP contribution >= 0.6 is 0 Å². The van der Waals surface area contributed by atoms with Gasteiger partial charge in [0.25, 0.3) is 5.91 Å². The highest BCUT2D eigenvalue weighted by Gasteiger charge is 2.23. The van der Waals surface area contributed by atoms with Crippen LogP contribution in [0, 0.1) is 6.92 Å². The average molecular weight is 369 g/mol. The Labute approximate surface area is 155 Å². The number of carbonyl (C=O) groups excluding carboxylic acids is 2. The summed E-state index contributed by atoms with van der Waals surface area (Å²) in [6.45, 7) is 4.02. The average Bonchev–Trinajstić information content (AvgIpc) is 3.31. The van der Waals surface area contributed by atoms with E-state index in [0.717, 1.165) is 5.56 Å². The first-order valence-electron chi connectivity index (χ1n) is 8.41. The Morgan fingerprint density at radius 3 is 2.67 bits per heavy atom. The number of aromatic nitrogens is 4. The fourth-order valence-electron chi connectivity index (χ4n) is 2.40. The summed E-state index contributed by atoms with van der Waals surface area (Å²) in [5.74, 6) is -0.173. The number of aryl methyl sites for hydroxylation is 1. The lowest BCUT2D eigenvalue weighted by Crippen LogP contribution is -2.32. The molecule has 1 atom stereocenters. The number of anilines is 1. The molecule has 1 aromatic carbocycles. The lowest BCUT2D eigenvalue weighted by atomic mass is 10.1. The summed E-state index contributed by atoms with van der Waals surface area (Å²) < 4.78 is 11.9. The van der Waals surface area contributed by atoms with E-state index in [-0.39, 0.29) is 5.82 Å². The van der Waals surface area contributed by atoms with Gasteiger partial charge in [-0.3, -0.25) is 4.79 Å². The zero-order chi connectivity index (χ0) is 19.2. The van der Waals surface area contributed by atoms with E-state index in [9.17, 15) is 9.59 Å². The van der Waals surface area contributed by atoms with Gasteiger partial charge in [-0.2, -0.15) is 5.10 Å². The predicted molar refractivity (Wildman–Crippen MR) is 94.9 cm³/mol. The number of rotatable bonds is 7. The third kappa shape index (κ3) is 4.78. The van der Waals surface area contributed by atoms with Gasteiger partial charge in [-0.1, -0.05) is 24.2 Å². The third-order valence-electron chi connectivity index (χ3n) is 3.79. The van der Waals surface area contributed by atoms with Crippen molar-refractivity contribution >= 4 is 17.7 Å². The molecule has 0 bridgehead atoms. The quantitative estimate of drug-likeness (QED) is 0.635. The maximum Gasteiger partial charge on any atom is 0.338 e. The van der Waals surface area contributed by atoms with E-state index in [1.807, 2.05) is 0 Å². The van der Waals surface area contributed by atoms with Gasteiger partial charge in [0.1, 0.15) is 18.4 Å². The summed E-state index contributed by atoms with van der Waals surface area (Å²) in [5, 5.41) is 10.3. The maximum absolute atomic E-state index is 12.3. The van der Waals surface area contributed by atoms with E-state index in [1.54, 1.807) is 55.2 Å². The number of esters is 1. The van der Waals surface area contributed by atoms with Crippen molar-refractivity contribution in [3.8, 4) is 0 Å². The van der Waals surface area contributed by atoms with E-state index in [4.69, 9.17) is 9.26 Å². The molecular weight excluding hydrogens is 350 g/mol. The second kappa shape index (κ2) is 8.26. The van der Waals surface area contributed by atoms with Crippen LogP contribution in [0.1, 0.15) is 35.0 Å². The van der Waals surface area contributed by atoms with E-state index in [2.05, 4.69) is 20.6 Å². The molecule has 0 aliphatic heterocycles. The Hall–Kier alpha value is -3.49. The molecule has 0 saturated heterocycles.